The van der Waals surface area contributed by atoms with Gasteiger partial charge >= 0.3 is 0 Å². The summed E-state index contributed by atoms with van der Waals surface area (Å²) in [5.74, 6) is 0.568. The number of amides is 2. The Morgan fingerprint density at radius 1 is 1.12 bits per heavy atom. The molecule has 134 valence electrons. The third-order valence-electron chi connectivity index (χ3n) is 3.91. The topological polar surface area (TPSA) is 71.3 Å². The van der Waals surface area contributed by atoms with E-state index in [-0.39, 0.29) is 17.9 Å². The number of furan rings is 1. The van der Waals surface area contributed by atoms with Gasteiger partial charge in [-0.1, -0.05) is 12.1 Å². The first-order chi connectivity index (χ1) is 12.6. The lowest BCUT2D eigenvalue weighted by molar-refractivity contribution is 0.0937. The highest BCUT2D eigenvalue weighted by Gasteiger charge is 2.12. The fourth-order valence-corrected chi connectivity index (χ4v) is 3.15. The molecule has 0 saturated carbocycles. The summed E-state index contributed by atoms with van der Waals surface area (Å²) < 4.78 is 5.30. The largest absolute Gasteiger partial charge is 0.469 e. The van der Waals surface area contributed by atoms with E-state index in [4.69, 9.17) is 4.42 Å². The fraction of sp³-hybridized carbons (Fsp3) is 0.200. The molecule has 2 N–H and O–H groups in total. The van der Waals surface area contributed by atoms with E-state index in [1.54, 1.807) is 36.6 Å². The molecule has 0 aliphatic carbocycles. The minimum atomic E-state index is -0.177. The molecule has 2 heterocycles. The van der Waals surface area contributed by atoms with Gasteiger partial charge in [0.05, 0.1) is 11.1 Å². The van der Waals surface area contributed by atoms with Crippen molar-refractivity contribution in [2.45, 2.75) is 25.8 Å². The first kappa shape index (κ1) is 17.9. The summed E-state index contributed by atoms with van der Waals surface area (Å²) in [5, 5.41) is 7.64. The average molecular weight is 368 g/mol. The molecule has 0 saturated heterocycles. The number of hydrogen-bond acceptors (Lipinski definition) is 4. The van der Waals surface area contributed by atoms with Crippen molar-refractivity contribution in [1.82, 2.24) is 5.32 Å². The number of rotatable bonds is 7. The maximum atomic E-state index is 12.4. The van der Waals surface area contributed by atoms with Crippen molar-refractivity contribution >= 4 is 28.8 Å². The summed E-state index contributed by atoms with van der Waals surface area (Å²) in [7, 11) is 0. The number of nitrogens with one attached hydrogen (secondary N) is 2. The zero-order valence-corrected chi connectivity index (χ0v) is 15.2. The standard InChI is InChI=1S/C20H20N2O3S/c1-14(9-10-17-7-3-11-25-17)21-19(23)15-5-2-6-16(13-15)22-20(24)18-8-4-12-26-18/h2-8,11-14H,9-10H2,1H3,(H,21,23)(H,22,24). The average Bonchev–Trinajstić information content (AvgIpc) is 3.34. The molecule has 0 spiro atoms. The summed E-state index contributed by atoms with van der Waals surface area (Å²) in [4.78, 5) is 25.2. The fourth-order valence-electron chi connectivity index (χ4n) is 2.53. The van der Waals surface area contributed by atoms with Crippen LogP contribution in [0.2, 0.25) is 0 Å². The van der Waals surface area contributed by atoms with Crippen molar-refractivity contribution in [3.8, 4) is 0 Å². The van der Waals surface area contributed by atoms with Crippen molar-refractivity contribution in [3.05, 3.63) is 76.4 Å². The van der Waals surface area contributed by atoms with E-state index in [1.165, 1.54) is 11.3 Å². The predicted molar refractivity (Wildman–Crippen MR) is 103 cm³/mol. The monoisotopic (exact) mass is 368 g/mol. The van der Waals surface area contributed by atoms with Gasteiger partial charge in [0.1, 0.15) is 5.76 Å². The van der Waals surface area contributed by atoms with Gasteiger partial charge in [-0.15, -0.1) is 11.3 Å². The number of benzene rings is 1. The minimum absolute atomic E-state index is 0.0111. The molecule has 1 atom stereocenters. The van der Waals surface area contributed by atoms with Crippen molar-refractivity contribution in [2.75, 3.05) is 5.32 Å². The number of carbonyl (C=O) groups excluding carboxylic acids is 2. The molecule has 6 heteroatoms. The summed E-state index contributed by atoms with van der Waals surface area (Å²) in [6, 6.07) is 14.3. The van der Waals surface area contributed by atoms with Crippen LogP contribution < -0.4 is 10.6 Å². The van der Waals surface area contributed by atoms with E-state index in [0.29, 0.717) is 16.1 Å². The highest BCUT2D eigenvalue weighted by atomic mass is 32.1. The molecule has 5 nitrogen and oxygen atoms in total. The Kier molecular flexibility index (Phi) is 5.86. The minimum Gasteiger partial charge on any atom is -0.469 e. The Balaban J connectivity index is 1.56. The van der Waals surface area contributed by atoms with Crippen molar-refractivity contribution in [1.29, 1.82) is 0 Å². The highest BCUT2D eigenvalue weighted by molar-refractivity contribution is 7.12. The molecule has 0 radical (unpaired) electrons. The summed E-state index contributed by atoms with van der Waals surface area (Å²) in [6.07, 6.45) is 3.20. The lowest BCUT2D eigenvalue weighted by atomic mass is 10.1. The Bertz CT molecular complexity index is 857. The lowest BCUT2D eigenvalue weighted by Crippen LogP contribution is -2.32. The maximum Gasteiger partial charge on any atom is 0.265 e. The molecule has 3 rings (SSSR count). The van der Waals surface area contributed by atoms with Crippen LogP contribution in [-0.4, -0.2) is 17.9 Å². The predicted octanol–water partition coefficient (Wildman–Crippen LogP) is 4.34. The Labute approximate surface area is 156 Å². The second-order valence-corrected chi connectivity index (χ2v) is 6.95. The van der Waals surface area contributed by atoms with Crippen LogP contribution in [0.5, 0.6) is 0 Å². The van der Waals surface area contributed by atoms with E-state index in [2.05, 4.69) is 10.6 Å². The zero-order valence-electron chi connectivity index (χ0n) is 14.4. The van der Waals surface area contributed by atoms with E-state index >= 15 is 0 Å². The third kappa shape index (κ3) is 4.83. The normalized spacial score (nSPS) is 11.7. The van der Waals surface area contributed by atoms with Crippen LogP contribution in [0, 0.1) is 0 Å². The molecule has 0 bridgehead atoms. The van der Waals surface area contributed by atoms with Crippen LogP contribution in [0.4, 0.5) is 5.69 Å². The van der Waals surface area contributed by atoms with Gasteiger partial charge in [0.25, 0.3) is 11.8 Å². The molecule has 0 aliphatic rings. The molecular weight excluding hydrogens is 348 g/mol. The van der Waals surface area contributed by atoms with Crippen LogP contribution in [-0.2, 0) is 6.42 Å². The van der Waals surface area contributed by atoms with Crippen molar-refractivity contribution in [2.24, 2.45) is 0 Å². The number of carbonyl (C=O) groups is 2. The van der Waals surface area contributed by atoms with Crippen molar-refractivity contribution in [3.63, 3.8) is 0 Å². The van der Waals surface area contributed by atoms with E-state index in [9.17, 15) is 9.59 Å². The van der Waals surface area contributed by atoms with Gasteiger partial charge in [-0.25, -0.2) is 0 Å². The molecule has 1 unspecified atom stereocenters. The number of anilines is 1. The van der Waals surface area contributed by atoms with Gasteiger partial charge in [-0.3, -0.25) is 9.59 Å². The van der Waals surface area contributed by atoms with Gasteiger partial charge in [-0.05, 0) is 55.1 Å². The van der Waals surface area contributed by atoms with Crippen LogP contribution in [0.1, 0.15) is 39.1 Å². The maximum absolute atomic E-state index is 12.4. The second kappa shape index (κ2) is 8.49. The van der Waals surface area contributed by atoms with Crippen LogP contribution in [0.25, 0.3) is 0 Å². The Hall–Kier alpha value is -2.86. The first-order valence-electron chi connectivity index (χ1n) is 8.40. The quantitative estimate of drug-likeness (QED) is 0.651. The molecule has 3 aromatic rings. The summed E-state index contributed by atoms with van der Waals surface area (Å²) in [5.41, 5.74) is 1.11. The van der Waals surface area contributed by atoms with E-state index < -0.39 is 0 Å². The summed E-state index contributed by atoms with van der Waals surface area (Å²) >= 11 is 1.37. The van der Waals surface area contributed by atoms with Gasteiger partial charge in [0.15, 0.2) is 0 Å². The van der Waals surface area contributed by atoms with E-state index in [0.717, 1.165) is 18.6 Å². The molecule has 26 heavy (non-hydrogen) atoms. The van der Waals surface area contributed by atoms with Gasteiger partial charge < -0.3 is 15.1 Å². The number of thiophene rings is 1. The molecule has 0 fully saturated rings. The Morgan fingerprint density at radius 2 is 2.00 bits per heavy atom. The molecule has 2 amide bonds. The van der Waals surface area contributed by atoms with Crippen molar-refractivity contribution < 1.29 is 14.0 Å². The number of aryl methyl sites for hydroxylation is 1. The van der Waals surface area contributed by atoms with E-state index in [1.807, 2.05) is 30.5 Å². The van der Waals surface area contributed by atoms with Gasteiger partial charge in [0.2, 0.25) is 0 Å². The molecule has 1 aromatic carbocycles. The molecular formula is C20H20N2O3S. The first-order valence-corrected chi connectivity index (χ1v) is 9.28. The SMILES string of the molecule is CC(CCc1ccco1)NC(=O)c1cccc(NC(=O)c2cccs2)c1. The summed E-state index contributed by atoms with van der Waals surface area (Å²) in [6.45, 7) is 1.96. The molecule has 2 aromatic heterocycles. The third-order valence-corrected chi connectivity index (χ3v) is 4.78. The van der Waals surface area contributed by atoms with Crippen LogP contribution in [0.3, 0.4) is 0 Å². The Morgan fingerprint density at radius 3 is 2.73 bits per heavy atom. The lowest BCUT2D eigenvalue weighted by Gasteiger charge is -2.14. The number of hydrogen-bond donors (Lipinski definition) is 2. The second-order valence-electron chi connectivity index (χ2n) is 6.00. The zero-order chi connectivity index (χ0) is 18.4. The smallest absolute Gasteiger partial charge is 0.265 e. The van der Waals surface area contributed by atoms with Crippen LogP contribution in [0.15, 0.2) is 64.6 Å². The van der Waals surface area contributed by atoms with Crippen LogP contribution >= 0.6 is 11.3 Å². The highest BCUT2D eigenvalue weighted by Crippen LogP contribution is 2.15. The molecule has 0 aliphatic heterocycles. The van der Waals surface area contributed by atoms with Gasteiger partial charge in [-0.2, -0.15) is 0 Å². The van der Waals surface area contributed by atoms with Gasteiger partial charge in [0, 0.05) is 23.7 Å².